The SMILES string of the molecule is [2H]CCC#CC([2H])Br. The molecule has 0 aliphatic heterocycles. The molecule has 1 heteroatoms. The summed E-state index contributed by atoms with van der Waals surface area (Å²) >= 11 is 2.94. The van der Waals surface area contributed by atoms with E-state index in [0.29, 0.717) is 13.3 Å². The zero-order valence-corrected chi connectivity index (χ0v) is 4.96. The first kappa shape index (κ1) is 3.10. The predicted molar refractivity (Wildman–Crippen MR) is 31.9 cm³/mol. The summed E-state index contributed by atoms with van der Waals surface area (Å²) in [5.74, 6) is 5.22. The van der Waals surface area contributed by atoms with Crippen LogP contribution in [0.5, 0.6) is 0 Å². The largest absolute Gasteiger partial charge is 0.103 e. The highest BCUT2D eigenvalue weighted by Crippen LogP contribution is 1.73. The molecule has 0 fully saturated rings. The van der Waals surface area contributed by atoms with Crippen molar-refractivity contribution in [1.82, 2.24) is 0 Å². The Balaban J connectivity index is 3.20. The summed E-state index contributed by atoms with van der Waals surface area (Å²) in [6.07, 6.45) is 0.570. The van der Waals surface area contributed by atoms with Crippen LogP contribution in [0.25, 0.3) is 0 Å². The molecule has 0 aliphatic rings. The van der Waals surface area contributed by atoms with Crippen molar-refractivity contribution in [2.45, 2.75) is 13.3 Å². The maximum atomic E-state index is 6.84. The van der Waals surface area contributed by atoms with Gasteiger partial charge >= 0.3 is 0 Å². The number of rotatable bonds is 0. The highest BCUT2D eigenvalue weighted by Gasteiger charge is 1.57. The molecule has 0 spiro atoms. The Bertz CT molecular complexity index is 101. The van der Waals surface area contributed by atoms with Gasteiger partial charge in [-0.25, -0.2) is 0 Å². The van der Waals surface area contributed by atoms with Gasteiger partial charge in [0.05, 0.1) is 6.68 Å². The van der Waals surface area contributed by atoms with E-state index in [1.54, 1.807) is 0 Å². The molecule has 0 amide bonds. The van der Waals surface area contributed by atoms with Crippen molar-refractivity contribution in [3.05, 3.63) is 0 Å². The van der Waals surface area contributed by atoms with Gasteiger partial charge in [0.25, 0.3) is 0 Å². The van der Waals surface area contributed by atoms with Crippen LogP contribution in [0.3, 0.4) is 0 Å². The Morgan fingerprint density at radius 3 is 3.33 bits per heavy atom. The number of alkyl halides is 1. The lowest BCUT2D eigenvalue weighted by atomic mass is 10.5. The third-order valence-corrected chi connectivity index (χ3v) is 0.511. The average Bonchev–Trinajstić information content (AvgIpc) is 1.66. The summed E-state index contributed by atoms with van der Waals surface area (Å²) in [4.78, 5) is 0. The van der Waals surface area contributed by atoms with Crippen LogP contribution in [0.15, 0.2) is 0 Å². The van der Waals surface area contributed by atoms with E-state index in [4.69, 9.17) is 2.74 Å². The summed E-state index contributed by atoms with van der Waals surface area (Å²) in [6, 6.07) is 0. The molecule has 0 aromatic rings. The maximum Gasteiger partial charge on any atom is 0.0645 e. The second kappa shape index (κ2) is 5.04. The molecule has 1 unspecified atom stereocenters. The molecule has 34 valence electrons. The first-order valence-corrected chi connectivity index (χ1v) is 2.53. The van der Waals surface area contributed by atoms with Gasteiger partial charge < -0.3 is 0 Å². The van der Waals surface area contributed by atoms with E-state index in [1.165, 1.54) is 0 Å². The van der Waals surface area contributed by atoms with E-state index in [9.17, 15) is 0 Å². The van der Waals surface area contributed by atoms with Crippen LogP contribution in [-0.2, 0) is 0 Å². The first-order chi connectivity index (χ1) is 3.77. The topological polar surface area (TPSA) is 0 Å². The fraction of sp³-hybridized carbons (Fsp3) is 0.600. The molecule has 0 heterocycles. The molecular weight excluding hydrogens is 140 g/mol. The molecule has 0 bridgehead atoms. The van der Waals surface area contributed by atoms with Gasteiger partial charge in [-0.15, -0.1) is 5.92 Å². The van der Waals surface area contributed by atoms with Gasteiger partial charge in [0.2, 0.25) is 0 Å². The highest BCUT2D eigenvalue weighted by atomic mass is 79.9. The normalized spacial score (nSPS) is 16.2. The van der Waals surface area contributed by atoms with Gasteiger partial charge in [-0.05, 0) is 0 Å². The Kier molecular flexibility index (Phi) is 2.60. The van der Waals surface area contributed by atoms with Gasteiger partial charge in [0, 0.05) is 7.79 Å². The first-order valence-electron chi connectivity index (χ1n) is 2.89. The van der Waals surface area contributed by atoms with Gasteiger partial charge in [-0.1, -0.05) is 28.8 Å². The summed E-state index contributed by atoms with van der Waals surface area (Å²) < 4.78 is 13.5. The summed E-state index contributed by atoms with van der Waals surface area (Å²) in [5.41, 5.74) is 0. The predicted octanol–water partition coefficient (Wildman–Crippen LogP) is 1.79. The zero-order valence-electron chi connectivity index (χ0n) is 5.37. The van der Waals surface area contributed by atoms with E-state index >= 15 is 0 Å². The van der Waals surface area contributed by atoms with E-state index in [2.05, 4.69) is 27.8 Å². The van der Waals surface area contributed by atoms with Crippen LogP contribution in [0.2, 0.25) is 0 Å². The van der Waals surface area contributed by atoms with Crippen molar-refractivity contribution >= 4 is 15.9 Å². The molecule has 0 nitrogen and oxygen atoms in total. The van der Waals surface area contributed by atoms with Crippen LogP contribution >= 0.6 is 15.9 Å². The van der Waals surface area contributed by atoms with Gasteiger partial charge in [-0.2, -0.15) is 0 Å². The minimum Gasteiger partial charge on any atom is -0.103 e. The van der Waals surface area contributed by atoms with Crippen LogP contribution in [-0.4, -0.2) is 5.31 Å². The quantitative estimate of drug-likeness (QED) is 0.364. The second-order valence-corrected chi connectivity index (χ2v) is 1.14. The van der Waals surface area contributed by atoms with Crippen LogP contribution < -0.4 is 0 Å². The van der Waals surface area contributed by atoms with E-state index in [-0.39, 0.29) is 0 Å². The molecule has 0 saturated carbocycles. The Labute approximate surface area is 49.9 Å². The van der Waals surface area contributed by atoms with Crippen LogP contribution in [0, 0.1) is 11.8 Å². The Hall–Kier alpha value is 0.0400. The molecule has 0 saturated heterocycles. The molecule has 1 atom stereocenters. The van der Waals surface area contributed by atoms with Crippen molar-refractivity contribution < 1.29 is 2.74 Å². The van der Waals surface area contributed by atoms with E-state index < -0.39 is 5.31 Å². The van der Waals surface area contributed by atoms with Crippen molar-refractivity contribution in [3.63, 3.8) is 0 Å². The van der Waals surface area contributed by atoms with Gasteiger partial charge in [0.1, 0.15) is 0 Å². The Morgan fingerprint density at radius 2 is 2.83 bits per heavy atom. The lowest BCUT2D eigenvalue weighted by molar-refractivity contribution is 1.28. The third kappa shape index (κ3) is 4.04. The van der Waals surface area contributed by atoms with Crippen LogP contribution in [0.1, 0.15) is 16.1 Å². The molecule has 6 heavy (non-hydrogen) atoms. The van der Waals surface area contributed by atoms with Crippen molar-refractivity contribution in [3.8, 4) is 11.8 Å². The number of hydrogen-bond donors (Lipinski definition) is 0. The molecule has 0 radical (unpaired) electrons. The number of hydrogen-bond acceptors (Lipinski definition) is 0. The summed E-state index contributed by atoms with van der Waals surface area (Å²) in [7, 11) is 0. The van der Waals surface area contributed by atoms with Gasteiger partial charge in [-0.3, -0.25) is 0 Å². The fourth-order valence-corrected chi connectivity index (χ4v) is 0.273. The molecule has 0 rings (SSSR count). The molecule has 0 aliphatic carbocycles. The molecule has 0 aromatic heterocycles. The Morgan fingerprint density at radius 1 is 2.00 bits per heavy atom. The minimum atomic E-state index is -0.478. The molecular formula is C5H7Br. The summed E-state index contributed by atoms with van der Waals surface area (Å²) in [5, 5.41) is -0.478. The lowest BCUT2D eigenvalue weighted by Crippen LogP contribution is -1.56. The summed E-state index contributed by atoms with van der Waals surface area (Å²) in [6.45, 7) is 0.326. The number of halogens is 1. The second-order valence-electron chi connectivity index (χ2n) is 0.680. The van der Waals surface area contributed by atoms with Crippen LogP contribution in [0.4, 0.5) is 0 Å². The van der Waals surface area contributed by atoms with Crippen molar-refractivity contribution in [1.29, 1.82) is 0 Å². The van der Waals surface area contributed by atoms with Gasteiger partial charge in [0.15, 0.2) is 0 Å². The zero-order chi connectivity index (χ0) is 6.41. The minimum absolute atomic E-state index is 0.326. The smallest absolute Gasteiger partial charge is 0.0645 e. The van der Waals surface area contributed by atoms with Crippen molar-refractivity contribution in [2.24, 2.45) is 0 Å². The van der Waals surface area contributed by atoms with Crippen molar-refractivity contribution in [2.75, 3.05) is 5.31 Å². The fourth-order valence-electron chi connectivity index (χ4n) is 0.111. The van der Waals surface area contributed by atoms with E-state index in [0.717, 1.165) is 0 Å². The standard InChI is InChI=1S/C5H7Br/c1-2-3-4-5-6/h2,5H2,1H3/i1D,5D. The lowest BCUT2D eigenvalue weighted by Gasteiger charge is -1.64. The van der Waals surface area contributed by atoms with E-state index in [1.807, 2.05) is 0 Å². The molecule has 0 N–H and O–H groups in total. The monoisotopic (exact) mass is 148 g/mol. The molecule has 0 aromatic carbocycles. The maximum absolute atomic E-state index is 6.84. The average molecular weight is 149 g/mol. The highest BCUT2D eigenvalue weighted by molar-refractivity contribution is 9.09. The third-order valence-electron chi connectivity index (χ3n) is 0.282.